The Morgan fingerprint density at radius 3 is 2.62 bits per heavy atom. The monoisotopic (exact) mass is 308 g/mol. The number of sulfonamides is 1. The SMILES string of the molecule is CCCS(=O)(=O)Nc1cccc(C2(CC)[C@@H]3CNC[C@@H]32)c1. The van der Waals surface area contributed by atoms with Crippen molar-refractivity contribution in [2.45, 2.75) is 32.1 Å². The van der Waals surface area contributed by atoms with Crippen LogP contribution in [0.2, 0.25) is 0 Å². The van der Waals surface area contributed by atoms with E-state index < -0.39 is 10.0 Å². The Bertz CT molecular complexity index is 617. The minimum atomic E-state index is -3.21. The van der Waals surface area contributed by atoms with Crippen LogP contribution in [0, 0.1) is 11.8 Å². The van der Waals surface area contributed by atoms with Gasteiger partial charge in [-0.2, -0.15) is 0 Å². The van der Waals surface area contributed by atoms with Gasteiger partial charge in [-0.1, -0.05) is 26.0 Å². The highest BCUT2D eigenvalue weighted by atomic mass is 32.2. The molecule has 21 heavy (non-hydrogen) atoms. The molecule has 0 amide bonds. The van der Waals surface area contributed by atoms with E-state index in [1.54, 1.807) is 0 Å². The molecule has 2 fully saturated rings. The fourth-order valence-corrected chi connectivity index (χ4v) is 5.30. The van der Waals surface area contributed by atoms with Crippen molar-refractivity contribution >= 4 is 15.7 Å². The van der Waals surface area contributed by atoms with Crippen molar-refractivity contribution in [3.8, 4) is 0 Å². The summed E-state index contributed by atoms with van der Waals surface area (Å²) in [6.45, 7) is 6.29. The van der Waals surface area contributed by atoms with Crippen LogP contribution in [0.3, 0.4) is 0 Å². The lowest BCUT2D eigenvalue weighted by atomic mass is 9.87. The topological polar surface area (TPSA) is 58.2 Å². The van der Waals surface area contributed by atoms with E-state index in [0.717, 1.165) is 19.5 Å². The highest BCUT2D eigenvalue weighted by molar-refractivity contribution is 7.92. The van der Waals surface area contributed by atoms with Crippen molar-refractivity contribution in [2.75, 3.05) is 23.6 Å². The van der Waals surface area contributed by atoms with Gasteiger partial charge in [0.2, 0.25) is 10.0 Å². The fourth-order valence-electron chi connectivity index (χ4n) is 4.18. The number of benzene rings is 1. The number of hydrogen-bond donors (Lipinski definition) is 2. The molecule has 0 aromatic heterocycles. The molecule has 1 aliphatic heterocycles. The Morgan fingerprint density at radius 1 is 1.29 bits per heavy atom. The van der Waals surface area contributed by atoms with Crippen molar-refractivity contribution in [2.24, 2.45) is 11.8 Å². The highest BCUT2D eigenvalue weighted by Crippen LogP contribution is 2.63. The summed E-state index contributed by atoms with van der Waals surface area (Å²) in [5, 5.41) is 3.44. The van der Waals surface area contributed by atoms with E-state index in [4.69, 9.17) is 0 Å². The van der Waals surface area contributed by atoms with Crippen LogP contribution >= 0.6 is 0 Å². The lowest BCUT2D eigenvalue weighted by Gasteiger charge is -2.21. The van der Waals surface area contributed by atoms with Crippen molar-refractivity contribution in [3.63, 3.8) is 0 Å². The Kier molecular flexibility index (Phi) is 3.74. The van der Waals surface area contributed by atoms with Crippen LogP contribution in [0.25, 0.3) is 0 Å². The van der Waals surface area contributed by atoms with Crippen LogP contribution in [0.5, 0.6) is 0 Å². The molecule has 5 heteroatoms. The molecule has 1 heterocycles. The molecule has 0 bridgehead atoms. The first-order chi connectivity index (χ1) is 10.0. The van der Waals surface area contributed by atoms with Gasteiger partial charge in [-0.25, -0.2) is 8.42 Å². The molecule has 0 radical (unpaired) electrons. The Morgan fingerprint density at radius 2 is 2.00 bits per heavy atom. The van der Waals surface area contributed by atoms with E-state index in [1.807, 2.05) is 25.1 Å². The maximum atomic E-state index is 11.9. The molecule has 116 valence electrons. The number of nitrogens with one attached hydrogen (secondary N) is 2. The van der Waals surface area contributed by atoms with Crippen LogP contribution in [-0.4, -0.2) is 27.3 Å². The first-order valence-electron chi connectivity index (χ1n) is 7.85. The van der Waals surface area contributed by atoms with Crippen LogP contribution in [0.4, 0.5) is 5.69 Å². The van der Waals surface area contributed by atoms with Crippen molar-refractivity contribution in [1.29, 1.82) is 0 Å². The first-order valence-corrected chi connectivity index (χ1v) is 9.50. The summed E-state index contributed by atoms with van der Waals surface area (Å²) in [6.07, 6.45) is 1.75. The zero-order chi connectivity index (χ0) is 15.1. The van der Waals surface area contributed by atoms with Gasteiger partial charge in [0, 0.05) is 11.1 Å². The highest BCUT2D eigenvalue weighted by Gasteiger charge is 2.65. The maximum Gasteiger partial charge on any atom is 0.232 e. The molecule has 1 unspecified atom stereocenters. The molecule has 1 aromatic carbocycles. The second-order valence-electron chi connectivity index (χ2n) is 6.27. The summed E-state index contributed by atoms with van der Waals surface area (Å²) in [6, 6.07) is 8.00. The summed E-state index contributed by atoms with van der Waals surface area (Å²) < 4.78 is 26.5. The van der Waals surface area contributed by atoms with Crippen LogP contribution < -0.4 is 10.0 Å². The second-order valence-corrected chi connectivity index (χ2v) is 8.11. The smallest absolute Gasteiger partial charge is 0.232 e. The van der Waals surface area contributed by atoms with Crippen LogP contribution in [0.15, 0.2) is 24.3 Å². The van der Waals surface area contributed by atoms with Crippen LogP contribution in [0.1, 0.15) is 32.3 Å². The third kappa shape index (κ3) is 2.46. The lowest BCUT2D eigenvalue weighted by molar-refractivity contribution is 0.502. The minimum Gasteiger partial charge on any atom is -0.316 e. The number of piperidine rings is 1. The third-order valence-electron chi connectivity index (χ3n) is 5.16. The average molecular weight is 308 g/mol. The van der Waals surface area contributed by atoms with Gasteiger partial charge in [0.15, 0.2) is 0 Å². The van der Waals surface area contributed by atoms with Gasteiger partial charge in [-0.3, -0.25) is 4.72 Å². The minimum absolute atomic E-state index is 0.172. The second kappa shape index (κ2) is 5.29. The summed E-state index contributed by atoms with van der Waals surface area (Å²) in [5.41, 5.74) is 2.25. The van der Waals surface area contributed by atoms with E-state index in [1.165, 1.54) is 5.56 Å². The standard InChI is InChI=1S/C16H24N2O2S/c1-3-8-21(19,20)18-13-7-5-6-12(9-13)16(4-2)14-10-17-11-15(14)16/h5-7,9,14-15,17-18H,3-4,8,10-11H2,1-2H3/t14-,15+,16?. The van der Waals surface area contributed by atoms with Crippen molar-refractivity contribution in [1.82, 2.24) is 5.32 Å². The normalized spacial score (nSPS) is 31.0. The summed E-state index contributed by atoms with van der Waals surface area (Å²) >= 11 is 0. The van der Waals surface area contributed by atoms with Gasteiger partial charge in [-0.15, -0.1) is 0 Å². The molecule has 4 nitrogen and oxygen atoms in total. The molecule has 1 saturated heterocycles. The molecule has 0 spiro atoms. The Hall–Kier alpha value is -1.07. The van der Waals surface area contributed by atoms with Gasteiger partial charge < -0.3 is 5.32 Å². The number of anilines is 1. The molecular formula is C16H24N2O2S. The van der Waals surface area contributed by atoms with E-state index >= 15 is 0 Å². The predicted octanol–water partition coefficient (Wildman–Crippen LogP) is 2.34. The van der Waals surface area contributed by atoms with E-state index in [2.05, 4.69) is 23.0 Å². The zero-order valence-electron chi connectivity index (χ0n) is 12.7. The van der Waals surface area contributed by atoms with Gasteiger partial charge in [0.25, 0.3) is 0 Å². The van der Waals surface area contributed by atoms with Gasteiger partial charge in [-0.05, 0) is 55.5 Å². The average Bonchev–Trinajstić information content (AvgIpc) is 2.79. The quantitative estimate of drug-likeness (QED) is 0.848. The van der Waals surface area contributed by atoms with E-state index in [0.29, 0.717) is 23.9 Å². The zero-order valence-corrected chi connectivity index (χ0v) is 13.5. The molecule has 3 rings (SSSR count). The molecular weight excluding hydrogens is 284 g/mol. The third-order valence-corrected chi connectivity index (χ3v) is 6.65. The van der Waals surface area contributed by atoms with E-state index in [9.17, 15) is 8.42 Å². The van der Waals surface area contributed by atoms with Gasteiger partial charge in [0.05, 0.1) is 5.75 Å². The summed E-state index contributed by atoms with van der Waals surface area (Å²) in [4.78, 5) is 0. The van der Waals surface area contributed by atoms with E-state index in [-0.39, 0.29) is 11.2 Å². The number of rotatable bonds is 6. The molecule has 1 saturated carbocycles. The van der Waals surface area contributed by atoms with Crippen molar-refractivity contribution < 1.29 is 8.42 Å². The maximum absolute atomic E-state index is 11.9. The summed E-state index contributed by atoms with van der Waals surface area (Å²) in [7, 11) is -3.21. The number of fused-ring (bicyclic) bond motifs is 1. The molecule has 1 aromatic rings. The van der Waals surface area contributed by atoms with Crippen molar-refractivity contribution in [3.05, 3.63) is 29.8 Å². The first kappa shape index (κ1) is 14.9. The number of hydrogen-bond acceptors (Lipinski definition) is 3. The Labute approximate surface area is 127 Å². The largest absolute Gasteiger partial charge is 0.316 e. The molecule has 2 N–H and O–H groups in total. The molecule has 3 atom stereocenters. The fraction of sp³-hybridized carbons (Fsp3) is 0.625. The lowest BCUT2D eigenvalue weighted by Crippen LogP contribution is -2.25. The van der Waals surface area contributed by atoms with Gasteiger partial charge in [0.1, 0.15) is 0 Å². The molecule has 1 aliphatic carbocycles. The molecule has 2 aliphatic rings. The van der Waals surface area contributed by atoms with Gasteiger partial charge >= 0.3 is 0 Å². The summed E-state index contributed by atoms with van der Waals surface area (Å²) in [5.74, 6) is 1.60. The predicted molar refractivity (Wildman–Crippen MR) is 86.0 cm³/mol. The van der Waals surface area contributed by atoms with Crippen LogP contribution in [-0.2, 0) is 15.4 Å². The Balaban J connectivity index is 1.84.